The number of amides is 3. The largest absolute Gasteiger partial charge is 0.471 e. The lowest BCUT2D eigenvalue weighted by Gasteiger charge is -2.44. The van der Waals surface area contributed by atoms with Gasteiger partial charge in [0.2, 0.25) is 5.82 Å². The van der Waals surface area contributed by atoms with E-state index in [0.717, 1.165) is 21.8 Å². The second-order valence-corrected chi connectivity index (χ2v) is 16.7. The van der Waals surface area contributed by atoms with Crippen LogP contribution in [0.4, 0.5) is 18.0 Å². The third-order valence-corrected chi connectivity index (χ3v) is 12.2. The zero-order chi connectivity index (χ0) is 40.5. The summed E-state index contributed by atoms with van der Waals surface area (Å²) in [5.41, 5.74) is 3.02. The highest BCUT2D eigenvalue weighted by Crippen LogP contribution is 2.41. The summed E-state index contributed by atoms with van der Waals surface area (Å²) in [6.45, 7) is 7.71. The van der Waals surface area contributed by atoms with Gasteiger partial charge in [-0.2, -0.15) is 18.2 Å². The van der Waals surface area contributed by atoms with Gasteiger partial charge in [0.1, 0.15) is 5.01 Å². The summed E-state index contributed by atoms with van der Waals surface area (Å²) in [7, 11) is 0. The molecule has 0 radical (unpaired) electrons. The van der Waals surface area contributed by atoms with E-state index < -0.39 is 29.5 Å². The first-order valence-corrected chi connectivity index (χ1v) is 19.7. The number of carbonyl (C=O) groups excluding carboxylic acids is 2. The zero-order valence-corrected chi connectivity index (χ0v) is 32.6. The second-order valence-electron chi connectivity index (χ2n) is 15.9. The molecule has 0 bridgehead atoms. The highest BCUT2D eigenvalue weighted by molar-refractivity contribution is 7.10. The number of rotatable bonds is 8. The number of nitrogens with one attached hydrogen (secondary N) is 1. The van der Waals surface area contributed by atoms with Crippen molar-refractivity contribution < 1.29 is 37.2 Å². The van der Waals surface area contributed by atoms with Gasteiger partial charge in [-0.1, -0.05) is 80.5 Å². The fraction of sp³-hybridized carbons (Fsp3) is 0.381. The van der Waals surface area contributed by atoms with Crippen LogP contribution in [0.25, 0.3) is 22.6 Å². The van der Waals surface area contributed by atoms with E-state index in [1.165, 1.54) is 29.5 Å². The standard InChI is InChI=1S/C42H43F3N6O5S/c1-40(2,3)33-23-29(16-19-51(33)39(54)55)26-12-14-28(15-13-26)36(53)50-20-17-41(18-21-50,38-47-32(24-57-38)27-8-5-4-6-9-27)25-46-35(52)31-11-7-10-30(22-31)34-48-37(56-49-34)42(43,44)45/h4-15,22,24,29,33H,16-21,23,25H2,1-3H3,(H,46,52)(H,54,55). The van der Waals surface area contributed by atoms with Crippen LogP contribution in [0.15, 0.2) is 88.8 Å². The molecule has 7 rings (SSSR count). The van der Waals surface area contributed by atoms with E-state index in [0.29, 0.717) is 50.9 Å². The second kappa shape index (κ2) is 15.8. The van der Waals surface area contributed by atoms with E-state index in [1.54, 1.807) is 11.0 Å². The van der Waals surface area contributed by atoms with Crippen LogP contribution in [-0.4, -0.2) is 80.2 Å². The number of aromatic nitrogens is 3. The highest BCUT2D eigenvalue weighted by atomic mass is 32.1. The number of likely N-dealkylation sites (tertiary alicyclic amines) is 2. The Balaban J connectivity index is 1.06. The number of alkyl halides is 3. The summed E-state index contributed by atoms with van der Waals surface area (Å²) >= 11 is 1.51. The number of hydrogen-bond acceptors (Lipinski definition) is 8. The van der Waals surface area contributed by atoms with Crippen molar-refractivity contribution in [1.29, 1.82) is 0 Å². The Hall–Kier alpha value is -5.57. The molecule has 2 unspecified atom stereocenters. The third kappa shape index (κ3) is 8.58. The molecule has 3 aromatic carbocycles. The van der Waals surface area contributed by atoms with Gasteiger partial charge in [-0.3, -0.25) is 9.59 Å². The van der Waals surface area contributed by atoms with Crippen molar-refractivity contribution in [2.24, 2.45) is 5.41 Å². The molecule has 15 heteroatoms. The maximum absolute atomic E-state index is 13.9. The van der Waals surface area contributed by atoms with E-state index in [-0.39, 0.29) is 46.8 Å². The quantitative estimate of drug-likeness (QED) is 0.159. The van der Waals surface area contributed by atoms with Crippen LogP contribution >= 0.6 is 11.3 Å². The first-order chi connectivity index (χ1) is 27.1. The van der Waals surface area contributed by atoms with Gasteiger partial charge in [0, 0.05) is 65.3 Å². The Labute approximate surface area is 331 Å². The molecule has 0 aliphatic carbocycles. The first kappa shape index (κ1) is 39.7. The smallest absolute Gasteiger partial charge is 0.465 e. The van der Waals surface area contributed by atoms with Gasteiger partial charge in [0.05, 0.1) is 5.69 Å². The summed E-state index contributed by atoms with van der Waals surface area (Å²) in [5.74, 6) is -2.10. The number of carboxylic acid groups (broad SMARTS) is 1. The minimum absolute atomic E-state index is 0.0940. The Morgan fingerprint density at radius 3 is 2.26 bits per heavy atom. The zero-order valence-electron chi connectivity index (χ0n) is 31.8. The molecule has 0 saturated carbocycles. The Morgan fingerprint density at radius 2 is 1.61 bits per heavy atom. The molecule has 3 amide bonds. The molecule has 2 N–H and O–H groups in total. The van der Waals surface area contributed by atoms with Crippen molar-refractivity contribution in [3.8, 4) is 22.6 Å². The van der Waals surface area contributed by atoms with Crippen molar-refractivity contribution in [3.05, 3.63) is 112 Å². The Morgan fingerprint density at radius 1 is 0.912 bits per heavy atom. The number of halogens is 3. The maximum atomic E-state index is 13.9. The molecule has 2 atom stereocenters. The minimum Gasteiger partial charge on any atom is -0.465 e. The van der Waals surface area contributed by atoms with E-state index in [9.17, 15) is 32.7 Å². The van der Waals surface area contributed by atoms with Crippen molar-refractivity contribution in [2.45, 2.75) is 70.0 Å². The maximum Gasteiger partial charge on any atom is 0.471 e. The fourth-order valence-electron chi connectivity index (χ4n) is 7.87. The summed E-state index contributed by atoms with van der Waals surface area (Å²) < 4.78 is 43.6. The van der Waals surface area contributed by atoms with Crippen LogP contribution < -0.4 is 5.32 Å². The van der Waals surface area contributed by atoms with E-state index >= 15 is 0 Å². The summed E-state index contributed by atoms with van der Waals surface area (Å²) in [6, 6.07) is 23.4. The van der Waals surface area contributed by atoms with Gasteiger partial charge in [-0.25, -0.2) is 9.78 Å². The molecule has 5 aromatic rings. The van der Waals surface area contributed by atoms with Gasteiger partial charge in [-0.05, 0) is 66.8 Å². The van der Waals surface area contributed by atoms with Crippen LogP contribution in [0.3, 0.4) is 0 Å². The molecule has 11 nitrogen and oxygen atoms in total. The number of thiazole rings is 1. The van der Waals surface area contributed by atoms with Crippen molar-refractivity contribution in [1.82, 2.24) is 30.2 Å². The molecule has 2 aliphatic heterocycles. The summed E-state index contributed by atoms with van der Waals surface area (Å²) in [4.78, 5) is 51.2. The monoisotopic (exact) mass is 800 g/mol. The van der Waals surface area contributed by atoms with E-state index in [1.807, 2.05) is 64.9 Å². The number of piperidine rings is 2. The topological polar surface area (TPSA) is 142 Å². The van der Waals surface area contributed by atoms with Crippen LogP contribution in [0.2, 0.25) is 0 Å². The molecular weight excluding hydrogens is 758 g/mol. The molecular formula is C42H43F3N6O5S. The molecule has 4 heterocycles. The van der Waals surface area contributed by atoms with Crippen LogP contribution in [0, 0.1) is 5.41 Å². The number of carbonyl (C=O) groups is 3. The fourth-order valence-corrected chi connectivity index (χ4v) is 8.96. The van der Waals surface area contributed by atoms with E-state index in [2.05, 4.69) is 40.8 Å². The number of nitrogens with zero attached hydrogens (tertiary/aromatic N) is 5. The van der Waals surface area contributed by atoms with Gasteiger partial charge in [0.25, 0.3) is 11.8 Å². The van der Waals surface area contributed by atoms with Crippen LogP contribution in [-0.2, 0) is 11.6 Å². The van der Waals surface area contributed by atoms with Gasteiger partial charge < -0.3 is 24.7 Å². The average molecular weight is 801 g/mol. The van der Waals surface area contributed by atoms with Crippen molar-refractivity contribution in [3.63, 3.8) is 0 Å². The molecule has 2 aromatic heterocycles. The predicted molar refractivity (Wildman–Crippen MR) is 208 cm³/mol. The average Bonchev–Trinajstić information content (AvgIpc) is 3.92. The third-order valence-electron chi connectivity index (χ3n) is 11.2. The molecule has 2 saturated heterocycles. The lowest BCUT2D eigenvalue weighted by molar-refractivity contribution is -0.159. The molecule has 2 fully saturated rings. The molecule has 298 valence electrons. The number of hydrogen-bond donors (Lipinski definition) is 2. The number of benzene rings is 3. The summed E-state index contributed by atoms with van der Waals surface area (Å²) in [6.07, 6.45) is -3.21. The highest BCUT2D eigenvalue weighted by Gasteiger charge is 2.42. The Kier molecular flexibility index (Phi) is 11.0. The van der Waals surface area contributed by atoms with Gasteiger partial charge in [0.15, 0.2) is 0 Å². The van der Waals surface area contributed by atoms with E-state index in [4.69, 9.17) is 4.98 Å². The SMILES string of the molecule is CC(C)(C)C1CC(c2ccc(C(=O)N3CCC(CNC(=O)c4cccc(-c5noc(C(F)(F)F)n5)c4)(c4nc(-c5ccccc5)cs4)CC3)cc2)CCN1C(=O)O. The predicted octanol–water partition coefficient (Wildman–Crippen LogP) is 8.76. The molecule has 0 spiro atoms. The van der Waals surface area contributed by atoms with Crippen LogP contribution in [0.1, 0.15) is 89.6 Å². The lowest BCUT2D eigenvalue weighted by Crippen LogP contribution is -2.51. The van der Waals surface area contributed by atoms with Crippen LogP contribution in [0.5, 0.6) is 0 Å². The first-order valence-electron chi connectivity index (χ1n) is 18.8. The van der Waals surface area contributed by atoms with Gasteiger partial charge in [-0.15, -0.1) is 11.3 Å². The molecule has 57 heavy (non-hydrogen) atoms. The summed E-state index contributed by atoms with van der Waals surface area (Å²) in [5, 5.41) is 19.1. The lowest BCUT2D eigenvalue weighted by atomic mass is 9.75. The molecule has 2 aliphatic rings. The van der Waals surface area contributed by atoms with Gasteiger partial charge >= 0.3 is 18.2 Å². The Bertz CT molecular complexity index is 2230. The van der Waals surface area contributed by atoms with Crippen molar-refractivity contribution >= 4 is 29.2 Å². The van der Waals surface area contributed by atoms with Crippen molar-refractivity contribution in [2.75, 3.05) is 26.2 Å². The minimum atomic E-state index is -4.80. The normalized spacial score (nSPS) is 18.6.